The van der Waals surface area contributed by atoms with Crippen molar-refractivity contribution in [1.29, 1.82) is 0 Å². The van der Waals surface area contributed by atoms with Crippen LogP contribution in [-0.4, -0.2) is 7.85 Å². The molecule has 0 N–H and O–H groups in total. The topological polar surface area (TPSA) is 0 Å². The van der Waals surface area contributed by atoms with E-state index in [1.54, 1.807) is 6.92 Å². The smallest absolute Gasteiger partial charge is 0.198 e. The van der Waals surface area contributed by atoms with E-state index in [2.05, 4.69) is 0 Å². The molecule has 0 saturated heterocycles. The van der Waals surface area contributed by atoms with Crippen LogP contribution in [0.3, 0.4) is 0 Å². The summed E-state index contributed by atoms with van der Waals surface area (Å²) in [6.07, 6.45) is 0.680. The highest BCUT2D eigenvalue weighted by Crippen LogP contribution is 2.39. The number of rotatable bonds is 3. The van der Waals surface area contributed by atoms with E-state index in [4.69, 9.17) is 0 Å². The first kappa shape index (κ1) is 17.6. The van der Waals surface area contributed by atoms with E-state index >= 15 is 0 Å². The van der Waals surface area contributed by atoms with Gasteiger partial charge in [-0.3, -0.25) is 0 Å². The molecule has 0 amide bonds. The fraction of sp³-hybridized carbons (Fsp3) is 0.333. The van der Waals surface area contributed by atoms with E-state index in [0.29, 0.717) is 6.42 Å². The lowest BCUT2D eigenvalue weighted by atomic mass is 9.62. The lowest BCUT2D eigenvalue weighted by Gasteiger charge is -2.27. The lowest BCUT2D eigenvalue weighted by Crippen LogP contribution is -2.26. The summed E-state index contributed by atoms with van der Waals surface area (Å²) in [5, 5.41) is -4.27. The summed E-state index contributed by atoms with van der Waals surface area (Å²) < 4.78 is 97.0. The molecule has 2 aromatic carbocycles. The van der Waals surface area contributed by atoms with Crippen LogP contribution < -0.4 is 0 Å². The van der Waals surface area contributed by atoms with Crippen LogP contribution >= 0.6 is 0 Å². The molecule has 23 heavy (non-hydrogen) atoms. The molecule has 0 fully saturated rings. The third-order valence-corrected chi connectivity index (χ3v) is 3.89. The molecule has 0 aliphatic heterocycles. The van der Waals surface area contributed by atoms with Crippen molar-refractivity contribution in [2.75, 3.05) is 0 Å². The van der Waals surface area contributed by atoms with Gasteiger partial charge in [0, 0.05) is 5.56 Å². The summed E-state index contributed by atoms with van der Waals surface area (Å²) in [6, 6.07) is 0. The van der Waals surface area contributed by atoms with E-state index in [1.165, 1.54) is 14.8 Å². The Kier molecular flexibility index (Phi) is 4.39. The molecule has 0 heterocycles. The molecule has 1 atom stereocenters. The Morgan fingerprint density at radius 2 is 1.09 bits per heavy atom. The molecule has 0 aromatic heterocycles. The van der Waals surface area contributed by atoms with Crippen molar-refractivity contribution in [3.05, 3.63) is 46.3 Å². The van der Waals surface area contributed by atoms with Gasteiger partial charge in [-0.25, -0.2) is 30.7 Å². The lowest BCUT2D eigenvalue weighted by molar-refractivity contribution is 0.407. The predicted octanol–water partition coefficient (Wildman–Crippen LogP) is 4.46. The second-order valence-electron chi connectivity index (χ2n) is 5.96. The number of benzene rings is 2. The van der Waals surface area contributed by atoms with Gasteiger partial charge in [0.15, 0.2) is 34.9 Å². The zero-order valence-corrected chi connectivity index (χ0v) is 12.6. The van der Waals surface area contributed by atoms with E-state index in [9.17, 15) is 30.7 Å². The summed E-state index contributed by atoms with van der Waals surface area (Å²) in [4.78, 5) is 0. The third-order valence-electron chi connectivity index (χ3n) is 3.89. The molecule has 2 rings (SSSR count). The molecular weight excluding hydrogens is 324 g/mol. The van der Waals surface area contributed by atoms with Crippen molar-refractivity contribution in [1.82, 2.24) is 0 Å². The number of fused-ring (bicyclic) bond motifs is 1. The minimum absolute atomic E-state index is 0.208. The van der Waals surface area contributed by atoms with Crippen LogP contribution in [0.4, 0.5) is 30.7 Å². The van der Waals surface area contributed by atoms with Crippen molar-refractivity contribution in [2.45, 2.75) is 32.0 Å². The van der Waals surface area contributed by atoms with Crippen molar-refractivity contribution in [2.24, 2.45) is 0 Å². The predicted molar refractivity (Wildman–Crippen MR) is 74.5 cm³/mol. The fourth-order valence-electron chi connectivity index (χ4n) is 2.83. The molecule has 0 radical (unpaired) electrons. The van der Waals surface area contributed by atoms with Crippen LogP contribution in [0.5, 0.6) is 0 Å². The Labute approximate surface area is 128 Å². The Morgan fingerprint density at radius 1 is 0.696 bits per heavy atom. The highest BCUT2D eigenvalue weighted by molar-refractivity contribution is 6.16. The molecule has 0 nitrogen and oxygen atoms in total. The molecule has 1 unspecified atom stereocenters. The molecule has 0 spiro atoms. The zero-order valence-electron chi connectivity index (χ0n) is 12.6. The summed E-state index contributed by atoms with van der Waals surface area (Å²) in [6.45, 7) is 3.10. The highest BCUT2D eigenvalue weighted by atomic mass is 19.2. The Bertz CT molecular complexity index is 799. The van der Waals surface area contributed by atoms with Gasteiger partial charge in [-0.05, 0) is 5.31 Å². The van der Waals surface area contributed by atoms with Crippen LogP contribution in [0, 0.1) is 40.7 Å². The minimum Gasteiger partial charge on any atom is -0.206 e. The average Bonchev–Trinajstić information content (AvgIpc) is 2.46. The summed E-state index contributed by atoms with van der Waals surface area (Å²) in [7, 11) is 1.39. The molecule has 124 valence electrons. The maximum absolute atomic E-state index is 14.6. The molecule has 8 heteroatoms. The van der Waals surface area contributed by atoms with Crippen LogP contribution in [0.2, 0.25) is 0 Å². The van der Waals surface area contributed by atoms with Gasteiger partial charge in [0.1, 0.15) is 13.7 Å². The second kappa shape index (κ2) is 5.72. The molecule has 0 aliphatic rings. The van der Waals surface area contributed by atoms with E-state index in [-0.39, 0.29) is 6.42 Å². The van der Waals surface area contributed by atoms with Gasteiger partial charge >= 0.3 is 0 Å². The quantitative estimate of drug-likeness (QED) is 0.336. The van der Waals surface area contributed by atoms with Gasteiger partial charge in [-0.1, -0.05) is 26.7 Å². The monoisotopic (exact) mass is 336 g/mol. The van der Waals surface area contributed by atoms with E-state index < -0.39 is 62.4 Å². The molecule has 0 saturated carbocycles. The van der Waals surface area contributed by atoms with Crippen LogP contribution in [0.15, 0.2) is 0 Å². The molecule has 2 aromatic rings. The van der Waals surface area contributed by atoms with Crippen LogP contribution in [-0.2, 0) is 5.31 Å². The van der Waals surface area contributed by atoms with Crippen molar-refractivity contribution >= 4 is 18.6 Å². The van der Waals surface area contributed by atoms with Gasteiger partial charge < -0.3 is 0 Å². The van der Waals surface area contributed by atoms with Gasteiger partial charge in [-0.15, -0.1) is 0 Å². The zero-order chi connectivity index (χ0) is 17.7. The molecular formula is C15H12BF7. The van der Waals surface area contributed by atoms with E-state index in [0.717, 1.165) is 0 Å². The maximum atomic E-state index is 14.6. The maximum Gasteiger partial charge on any atom is 0.198 e. The molecule has 0 bridgehead atoms. The number of halogens is 7. The first-order valence-corrected chi connectivity index (χ1v) is 6.88. The highest BCUT2D eigenvalue weighted by Gasteiger charge is 2.35. The number of hydrogen-bond acceptors (Lipinski definition) is 0. The Hall–Kier alpha value is -1.73. The first-order chi connectivity index (χ1) is 10.6. The van der Waals surface area contributed by atoms with Crippen molar-refractivity contribution in [3.63, 3.8) is 0 Å². The van der Waals surface area contributed by atoms with Crippen molar-refractivity contribution in [3.8, 4) is 0 Å². The Morgan fingerprint density at radius 3 is 1.52 bits per heavy atom. The average molecular weight is 336 g/mol. The van der Waals surface area contributed by atoms with Gasteiger partial charge in [-0.2, -0.15) is 0 Å². The third kappa shape index (κ3) is 2.48. The van der Waals surface area contributed by atoms with Crippen LogP contribution in [0.25, 0.3) is 10.8 Å². The van der Waals surface area contributed by atoms with Crippen LogP contribution in [0.1, 0.15) is 32.3 Å². The standard InChI is InChI=1S/C15H12BF7/c1-3-4-15(2,16)7-8(17)5-6(9(18)12(7)21)11(20)14(23)13(22)10(5)19/h3-4,16H2,1-2H3. The summed E-state index contributed by atoms with van der Waals surface area (Å²) in [5.41, 5.74) is -0.825. The van der Waals surface area contributed by atoms with Gasteiger partial charge in [0.2, 0.25) is 0 Å². The van der Waals surface area contributed by atoms with Gasteiger partial charge in [0.25, 0.3) is 0 Å². The summed E-state index contributed by atoms with van der Waals surface area (Å²) in [5.74, 6) is -14.2. The van der Waals surface area contributed by atoms with Crippen molar-refractivity contribution < 1.29 is 30.7 Å². The first-order valence-electron chi connectivity index (χ1n) is 6.88. The second-order valence-corrected chi connectivity index (χ2v) is 5.96. The number of hydrogen-bond donors (Lipinski definition) is 0. The molecule has 0 aliphatic carbocycles. The minimum atomic E-state index is -2.33. The largest absolute Gasteiger partial charge is 0.206 e. The normalized spacial score (nSPS) is 14.3. The Balaban J connectivity index is 3.07. The SMILES string of the molecule is BC(C)(CCC)c1c(F)c(F)c2c(F)c(F)c(F)c(F)c2c1F. The fourth-order valence-corrected chi connectivity index (χ4v) is 2.83. The van der Waals surface area contributed by atoms with Gasteiger partial charge in [0.05, 0.1) is 10.8 Å². The van der Waals surface area contributed by atoms with E-state index in [1.807, 2.05) is 0 Å². The summed E-state index contributed by atoms with van der Waals surface area (Å²) >= 11 is 0.